The maximum atomic E-state index is 14.3. The van der Waals surface area contributed by atoms with Gasteiger partial charge in [0.15, 0.2) is 17.3 Å². The molecule has 0 atom stereocenters. The summed E-state index contributed by atoms with van der Waals surface area (Å²) in [5.41, 5.74) is 2.16. The van der Waals surface area contributed by atoms with Gasteiger partial charge in [-0.05, 0) is 43.9 Å². The fraction of sp³-hybridized carbons (Fsp3) is 0.250. The molecule has 1 heterocycles. The molecule has 0 aliphatic rings. The van der Waals surface area contributed by atoms with Crippen LogP contribution in [0, 0.1) is 5.82 Å². The van der Waals surface area contributed by atoms with E-state index in [1.165, 1.54) is 31.6 Å². The molecule has 3 rings (SSSR count). The highest BCUT2D eigenvalue weighted by Gasteiger charge is 2.12. The number of methoxy groups -OCH3 is 1. The van der Waals surface area contributed by atoms with Gasteiger partial charge in [-0.15, -0.1) is 0 Å². The zero-order valence-electron chi connectivity index (χ0n) is 19.5. The lowest BCUT2D eigenvalue weighted by Crippen LogP contribution is -2.03. The van der Waals surface area contributed by atoms with E-state index in [2.05, 4.69) is 20.6 Å². The van der Waals surface area contributed by atoms with Gasteiger partial charge in [0.05, 0.1) is 19.5 Å². The van der Waals surface area contributed by atoms with Crippen molar-refractivity contribution >= 4 is 24.2 Å². The first kappa shape index (κ1) is 28.1. The number of aldehydes is 2. The number of benzene rings is 2. The Labute approximate surface area is 198 Å². The van der Waals surface area contributed by atoms with E-state index in [1.807, 2.05) is 38.4 Å². The van der Waals surface area contributed by atoms with E-state index >= 15 is 0 Å². The fourth-order valence-electron chi connectivity index (χ4n) is 2.57. The molecule has 0 fully saturated rings. The third kappa shape index (κ3) is 8.93. The van der Waals surface area contributed by atoms with E-state index in [-0.39, 0.29) is 23.5 Å². The van der Waals surface area contributed by atoms with Crippen LogP contribution in [-0.2, 0) is 17.8 Å². The average Bonchev–Trinajstić information content (AvgIpc) is 2.87. The molecule has 34 heavy (non-hydrogen) atoms. The summed E-state index contributed by atoms with van der Waals surface area (Å²) in [6.07, 6.45) is 4.73. The van der Waals surface area contributed by atoms with Gasteiger partial charge in [0, 0.05) is 30.3 Å². The summed E-state index contributed by atoms with van der Waals surface area (Å²) in [6, 6.07) is 10.0. The van der Waals surface area contributed by atoms with Crippen LogP contribution in [0.4, 0.5) is 16.0 Å². The summed E-state index contributed by atoms with van der Waals surface area (Å²) in [6.45, 7) is -0.113. The summed E-state index contributed by atoms with van der Waals surface area (Å²) in [5.74, 6) is 0.0848. The molecule has 182 valence electrons. The van der Waals surface area contributed by atoms with Crippen LogP contribution in [-0.4, -0.2) is 56.0 Å². The van der Waals surface area contributed by atoms with Gasteiger partial charge in [-0.2, -0.15) is 0 Å². The monoisotopic (exact) mass is 472 g/mol. The van der Waals surface area contributed by atoms with Crippen LogP contribution >= 0.6 is 0 Å². The van der Waals surface area contributed by atoms with Crippen molar-refractivity contribution in [3.05, 3.63) is 71.3 Å². The van der Waals surface area contributed by atoms with Crippen LogP contribution in [0.1, 0.15) is 21.5 Å². The second-order valence-electron chi connectivity index (χ2n) is 6.54. The van der Waals surface area contributed by atoms with Crippen LogP contribution < -0.4 is 20.1 Å². The standard InChI is InChI=1S/C21H18FN3O4.C2H7N.CH4O/c1-28-19-9-15(12-27)8-16(20(19)22)13-29-18-10-23-21(24-11-18)25-17-4-2-14(3-5-17)6-7-26;1-3-2;1-2/h2-5,7-12H,6,13H2,1H3,(H,23,24,25);3H,1-2H3;2H,1H3. The number of aromatic nitrogens is 2. The molecule has 3 aromatic rings. The van der Waals surface area contributed by atoms with Crippen molar-refractivity contribution in [3.63, 3.8) is 0 Å². The summed E-state index contributed by atoms with van der Waals surface area (Å²) in [5, 5.41) is 12.8. The molecular weight excluding hydrogens is 443 g/mol. The van der Waals surface area contributed by atoms with Gasteiger partial charge in [-0.25, -0.2) is 14.4 Å². The Morgan fingerprint density at radius 3 is 2.21 bits per heavy atom. The molecule has 10 heteroatoms. The minimum absolute atomic E-state index is 0.0249. The number of hydrogen-bond donors (Lipinski definition) is 3. The van der Waals surface area contributed by atoms with E-state index in [0.29, 0.717) is 24.4 Å². The summed E-state index contributed by atoms with van der Waals surface area (Å²) < 4.78 is 24.7. The number of aliphatic hydroxyl groups is 1. The number of rotatable bonds is 9. The SMILES string of the molecule is CNC.CO.COc1cc(C=O)cc(COc2cnc(Nc3ccc(CC=O)cc3)nc2)c1F. The lowest BCUT2D eigenvalue weighted by atomic mass is 10.1. The maximum Gasteiger partial charge on any atom is 0.227 e. The van der Waals surface area contributed by atoms with Gasteiger partial charge in [-0.1, -0.05) is 12.1 Å². The zero-order valence-corrected chi connectivity index (χ0v) is 19.5. The number of halogens is 1. The molecule has 0 amide bonds. The van der Waals surface area contributed by atoms with Gasteiger partial charge >= 0.3 is 0 Å². The highest BCUT2D eigenvalue weighted by atomic mass is 19.1. The minimum atomic E-state index is -0.588. The van der Waals surface area contributed by atoms with E-state index in [1.54, 1.807) is 0 Å². The van der Waals surface area contributed by atoms with Crippen molar-refractivity contribution < 1.29 is 28.6 Å². The number of carbonyl (C=O) groups excluding carboxylic acids is 2. The molecule has 0 unspecified atom stereocenters. The third-order valence-corrected chi connectivity index (χ3v) is 4.04. The number of carbonyl (C=O) groups is 2. The number of hydrogen-bond acceptors (Lipinski definition) is 9. The maximum absolute atomic E-state index is 14.3. The molecule has 0 bridgehead atoms. The normalized spacial score (nSPS) is 9.47. The Bertz CT molecular complexity index is 1020. The highest BCUT2D eigenvalue weighted by molar-refractivity contribution is 5.76. The van der Waals surface area contributed by atoms with Gasteiger partial charge < -0.3 is 30.0 Å². The fourth-order valence-corrected chi connectivity index (χ4v) is 2.57. The molecule has 9 nitrogen and oxygen atoms in total. The second kappa shape index (κ2) is 15.8. The van der Waals surface area contributed by atoms with Crippen molar-refractivity contribution in [2.24, 2.45) is 0 Å². The van der Waals surface area contributed by atoms with E-state index in [9.17, 15) is 14.0 Å². The molecule has 1 aromatic heterocycles. The van der Waals surface area contributed by atoms with Crippen molar-refractivity contribution in [2.45, 2.75) is 13.0 Å². The second-order valence-corrected chi connectivity index (χ2v) is 6.54. The summed E-state index contributed by atoms with van der Waals surface area (Å²) >= 11 is 0. The zero-order chi connectivity index (χ0) is 25.3. The van der Waals surface area contributed by atoms with Crippen LogP contribution in [0.2, 0.25) is 0 Å². The smallest absolute Gasteiger partial charge is 0.227 e. The van der Waals surface area contributed by atoms with Gasteiger partial charge in [0.2, 0.25) is 5.95 Å². The summed E-state index contributed by atoms with van der Waals surface area (Å²) in [4.78, 5) is 29.8. The van der Waals surface area contributed by atoms with E-state index in [0.717, 1.165) is 24.6 Å². The number of aliphatic hydroxyl groups excluding tert-OH is 1. The predicted octanol–water partition coefficient (Wildman–Crippen LogP) is 2.94. The quantitative estimate of drug-likeness (QED) is 0.403. The summed E-state index contributed by atoms with van der Waals surface area (Å²) in [7, 11) is 6.08. The van der Waals surface area contributed by atoms with Crippen molar-refractivity contribution in [2.75, 3.05) is 33.6 Å². The number of nitrogens with zero attached hydrogens (tertiary/aromatic N) is 2. The number of nitrogens with one attached hydrogen (secondary N) is 2. The molecule has 3 N–H and O–H groups in total. The van der Waals surface area contributed by atoms with Crippen LogP contribution in [0.5, 0.6) is 11.5 Å². The van der Waals surface area contributed by atoms with Crippen LogP contribution in [0.15, 0.2) is 48.8 Å². The third-order valence-electron chi connectivity index (χ3n) is 4.04. The van der Waals surface area contributed by atoms with E-state index < -0.39 is 5.82 Å². The Hall–Kier alpha value is -3.89. The van der Waals surface area contributed by atoms with Gasteiger partial charge in [-0.3, -0.25) is 4.79 Å². The first-order valence-corrected chi connectivity index (χ1v) is 10.1. The topological polar surface area (TPSA) is 123 Å². The molecule has 0 aliphatic heterocycles. The predicted molar refractivity (Wildman–Crippen MR) is 127 cm³/mol. The van der Waals surface area contributed by atoms with Crippen molar-refractivity contribution in [3.8, 4) is 11.5 Å². The Balaban J connectivity index is 0.00000107. The number of ether oxygens (including phenoxy) is 2. The first-order valence-electron chi connectivity index (χ1n) is 10.1. The van der Waals surface area contributed by atoms with Crippen molar-refractivity contribution in [1.29, 1.82) is 0 Å². The van der Waals surface area contributed by atoms with Crippen molar-refractivity contribution in [1.82, 2.24) is 15.3 Å². The lowest BCUT2D eigenvalue weighted by molar-refractivity contribution is -0.107. The highest BCUT2D eigenvalue weighted by Crippen LogP contribution is 2.24. The minimum Gasteiger partial charge on any atom is -0.494 e. The lowest BCUT2D eigenvalue weighted by Gasteiger charge is -2.11. The Morgan fingerprint density at radius 2 is 1.68 bits per heavy atom. The average molecular weight is 473 g/mol. The molecule has 0 aliphatic carbocycles. The van der Waals surface area contributed by atoms with Crippen LogP contribution in [0.3, 0.4) is 0 Å². The largest absolute Gasteiger partial charge is 0.494 e. The molecule has 0 spiro atoms. The molecule has 2 aromatic carbocycles. The Kier molecular flexibility index (Phi) is 13.1. The Morgan fingerprint density at radius 1 is 1.06 bits per heavy atom. The molecule has 0 radical (unpaired) electrons. The van der Waals surface area contributed by atoms with Gasteiger partial charge in [0.25, 0.3) is 0 Å². The number of anilines is 2. The van der Waals surface area contributed by atoms with E-state index in [4.69, 9.17) is 14.6 Å². The van der Waals surface area contributed by atoms with Crippen LogP contribution in [0.25, 0.3) is 0 Å². The molecule has 0 saturated heterocycles. The molecule has 0 saturated carbocycles. The van der Waals surface area contributed by atoms with Gasteiger partial charge in [0.1, 0.15) is 19.2 Å². The first-order chi connectivity index (χ1) is 16.5. The molecular formula is C24H29FN4O5.